The first-order valence-electron chi connectivity index (χ1n) is 5.60. The normalized spacial score (nSPS) is 16.4. The van der Waals surface area contributed by atoms with Crippen LogP contribution < -0.4 is 0 Å². The molecule has 0 aliphatic heterocycles. The van der Waals surface area contributed by atoms with Gasteiger partial charge in [-0.05, 0) is 6.42 Å². The third kappa shape index (κ3) is 7.84. The predicted octanol–water partition coefficient (Wildman–Crippen LogP) is 5.73. The molecule has 0 aliphatic rings. The van der Waals surface area contributed by atoms with Gasteiger partial charge in [-0.3, -0.25) is 0 Å². The van der Waals surface area contributed by atoms with Gasteiger partial charge in [-0.25, -0.2) is 4.39 Å². The van der Waals surface area contributed by atoms with E-state index in [0.29, 0.717) is 6.42 Å². The minimum atomic E-state index is -2.86. The molecule has 0 N–H and O–H groups in total. The van der Waals surface area contributed by atoms with E-state index in [2.05, 4.69) is 6.92 Å². The Bertz CT molecular complexity index is 161. The summed E-state index contributed by atoms with van der Waals surface area (Å²) in [6.07, 6.45) is 5.19. The number of alkyl halides is 1. The first-order chi connectivity index (χ1) is 6.89. The zero-order chi connectivity index (χ0) is 11.9. The summed E-state index contributed by atoms with van der Waals surface area (Å²) in [7, 11) is 0. The van der Waals surface area contributed by atoms with Gasteiger partial charge in [-0.1, -0.05) is 46.0 Å². The van der Waals surface area contributed by atoms with Crippen LogP contribution in [0.15, 0.2) is 0 Å². The molecular formula is C10H20Cl3FSi. The third-order valence-electron chi connectivity index (χ3n) is 2.64. The average molecular weight is 294 g/mol. The van der Waals surface area contributed by atoms with E-state index in [1.165, 1.54) is 19.3 Å². The lowest BCUT2D eigenvalue weighted by Crippen LogP contribution is -2.25. The summed E-state index contributed by atoms with van der Waals surface area (Å²) >= 11 is 17.3. The number of hydrogen-bond donors (Lipinski definition) is 0. The van der Waals surface area contributed by atoms with Gasteiger partial charge in [0.2, 0.25) is 0 Å². The van der Waals surface area contributed by atoms with Gasteiger partial charge in [0.1, 0.15) is 6.17 Å². The Morgan fingerprint density at radius 1 is 1.07 bits per heavy atom. The van der Waals surface area contributed by atoms with Gasteiger partial charge in [0.05, 0.1) is 0 Å². The standard InChI is InChI=1S/C10H20Cl3FSi/c1-3-4-5-6-7-8-10(14)9(2)15(11,12)13/h9-10H,3-8H2,1-2H3. The zero-order valence-electron chi connectivity index (χ0n) is 9.41. The first-order valence-corrected chi connectivity index (χ1v) is 10.7. The van der Waals surface area contributed by atoms with Gasteiger partial charge in [0, 0.05) is 5.54 Å². The number of rotatable bonds is 8. The minimum Gasteiger partial charge on any atom is -0.247 e. The predicted molar refractivity (Wildman–Crippen MR) is 71.0 cm³/mol. The van der Waals surface area contributed by atoms with Gasteiger partial charge in [0.25, 0.3) is 0 Å². The summed E-state index contributed by atoms with van der Waals surface area (Å²) in [6, 6.07) is -2.86. The fourth-order valence-electron chi connectivity index (χ4n) is 1.40. The molecule has 0 spiro atoms. The highest BCUT2D eigenvalue weighted by atomic mass is 35.8. The molecule has 0 aliphatic carbocycles. The van der Waals surface area contributed by atoms with Crippen molar-refractivity contribution >= 4 is 39.2 Å². The highest BCUT2D eigenvalue weighted by molar-refractivity contribution is 7.65. The van der Waals surface area contributed by atoms with Crippen LogP contribution in [0.5, 0.6) is 0 Å². The van der Waals surface area contributed by atoms with Crippen molar-refractivity contribution in [2.45, 2.75) is 64.1 Å². The van der Waals surface area contributed by atoms with Crippen molar-refractivity contribution in [2.24, 2.45) is 0 Å². The van der Waals surface area contributed by atoms with E-state index >= 15 is 0 Å². The lowest BCUT2D eigenvalue weighted by molar-refractivity contribution is 0.295. The Hall–Kier alpha value is 1.02. The zero-order valence-corrected chi connectivity index (χ0v) is 12.7. The molecule has 0 bridgehead atoms. The Balaban J connectivity index is 3.60. The molecule has 2 unspecified atom stereocenters. The van der Waals surface area contributed by atoms with Gasteiger partial charge < -0.3 is 0 Å². The van der Waals surface area contributed by atoms with E-state index in [4.69, 9.17) is 33.2 Å². The van der Waals surface area contributed by atoms with Crippen LogP contribution in [0.3, 0.4) is 0 Å². The highest BCUT2D eigenvalue weighted by Crippen LogP contribution is 2.38. The molecule has 0 nitrogen and oxygen atoms in total. The molecule has 0 rings (SSSR count). The van der Waals surface area contributed by atoms with Crippen molar-refractivity contribution in [2.75, 3.05) is 0 Å². The number of halogens is 4. The summed E-state index contributed by atoms with van der Waals surface area (Å²) in [5.74, 6) is 0. The SMILES string of the molecule is CCCCCCCC(F)C(C)[Si](Cl)(Cl)Cl. The van der Waals surface area contributed by atoms with Crippen molar-refractivity contribution in [3.8, 4) is 0 Å². The molecule has 0 aromatic heterocycles. The summed E-state index contributed by atoms with van der Waals surface area (Å²) in [6.45, 7) is 3.87. The number of hydrogen-bond acceptors (Lipinski definition) is 0. The van der Waals surface area contributed by atoms with Crippen molar-refractivity contribution < 1.29 is 4.39 Å². The molecule has 15 heavy (non-hydrogen) atoms. The Morgan fingerprint density at radius 2 is 1.60 bits per heavy atom. The van der Waals surface area contributed by atoms with Crippen LogP contribution in [0.2, 0.25) is 5.54 Å². The van der Waals surface area contributed by atoms with Crippen molar-refractivity contribution in [3.63, 3.8) is 0 Å². The molecule has 2 atom stereocenters. The molecule has 0 saturated carbocycles. The van der Waals surface area contributed by atoms with Gasteiger partial charge in [-0.15, -0.1) is 33.2 Å². The topological polar surface area (TPSA) is 0 Å². The summed E-state index contributed by atoms with van der Waals surface area (Å²) in [4.78, 5) is 0. The monoisotopic (exact) mass is 292 g/mol. The molecule has 0 heterocycles. The van der Waals surface area contributed by atoms with Crippen LogP contribution in [-0.4, -0.2) is 12.2 Å². The minimum absolute atomic E-state index is 0.395. The molecule has 0 radical (unpaired) electrons. The van der Waals surface area contributed by atoms with E-state index < -0.39 is 17.7 Å². The van der Waals surface area contributed by atoms with E-state index in [9.17, 15) is 4.39 Å². The van der Waals surface area contributed by atoms with Crippen LogP contribution in [0, 0.1) is 0 Å². The average Bonchev–Trinajstić information content (AvgIpc) is 2.14. The van der Waals surface area contributed by atoms with Crippen molar-refractivity contribution in [3.05, 3.63) is 0 Å². The Labute approximate surface area is 108 Å². The van der Waals surface area contributed by atoms with E-state index in [0.717, 1.165) is 12.8 Å². The second-order valence-corrected chi connectivity index (χ2v) is 13.1. The van der Waals surface area contributed by atoms with Crippen LogP contribution in [0.25, 0.3) is 0 Å². The maximum absolute atomic E-state index is 13.6. The molecule has 5 heteroatoms. The van der Waals surface area contributed by atoms with Crippen molar-refractivity contribution in [1.29, 1.82) is 0 Å². The molecule has 0 aromatic rings. The molecule has 0 aromatic carbocycles. The maximum atomic E-state index is 13.6. The first kappa shape index (κ1) is 16.0. The summed E-state index contributed by atoms with van der Waals surface area (Å²) in [5, 5.41) is 0. The van der Waals surface area contributed by atoms with Gasteiger partial charge in [0.15, 0.2) is 0 Å². The highest BCUT2D eigenvalue weighted by Gasteiger charge is 2.38. The summed E-state index contributed by atoms with van der Waals surface area (Å²) < 4.78 is 13.6. The second kappa shape index (κ2) is 8.16. The third-order valence-corrected chi connectivity index (χ3v) is 7.13. The molecule has 0 saturated heterocycles. The van der Waals surface area contributed by atoms with Crippen molar-refractivity contribution in [1.82, 2.24) is 0 Å². The van der Waals surface area contributed by atoms with E-state index in [1.54, 1.807) is 6.92 Å². The van der Waals surface area contributed by atoms with Crippen LogP contribution >= 0.6 is 33.2 Å². The molecular weight excluding hydrogens is 274 g/mol. The van der Waals surface area contributed by atoms with E-state index in [1.807, 2.05) is 0 Å². The lowest BCUT2D eigenvalue weighted by atomic mass is 10.1. The van der Waals surface area contributed by atoms with Crippen LogP contribution in [0.1, 0.15) is 52.4 Å². The number of unbranched alkanes of at least 4 members (excludes halogenated alkanes) is 4. The lowest BCUT2D eigenvalue weighted by Gasteiger charge is -2.21. The summed E-state index contributed by atoms with van der Waals surface area (Å²) in [5.41, 5.74) is -0.395. The Morgan fingerprint density at radius 3 is 2.07 bits per heavy atom. The molecule has 0 amide bonds. The van der Waals surface area contributed by atoms with Gasteiger partial charge in [-0.2, -0.15) is 0 Å². The smallest absolute Gasteiger partial charge is 0.247 e. The quantitative estimate of drug-likeness (QED) is 0.304. The molecule has 92 valence electrons. The van der Waals surface area contributed by atoms with Crippen LogP contribution in [0.4, 0.5) is 4.39 Å². The fraction of sp³-hybridized carbons (Fsp3) is 1.00. The fourth-order valence-corrected chi connectivity index (χ4v) is 3.21. The maximum Gasteiger partial charge on any atom is 0.346 e. The molecule has 0 fully saturated rings. The van der Waals surface area contributed by atoms with Crippen LogP contribution in [-0.2, 0) is 0 Å². The van der Waals surface area contributed by atoms with E-state index in [-0.39, 0.29) is 0 Å². The van der Waals surface area contributed by atoms with Gasteiger partial charge >= 0.3 is 6.00 Å². The largest absolute Gasteiger partial charge is 0.346 e. The Kier molecular flexibility index (Phi) is 8.71. The second-order valence-electron chi connectivity index (χ2n) is 4.05.